The number of nitro benzene ring substituents is 1. The molecule has 0 spiro atoms. The summed E-state index contributed by atoms with van der Waals surface area (Å²) in [6, 6.07) is 4.25. The number of carboxylic acid groups (broad SMARTS) is 1. The van der Waals surface area contributed by atoms with E-state index in [1.165, 1.54) is 6.07 Å². The van der Waals surface area contributed by atoms with Gasteiger partial charge >= 0.3 is 18.4 Å². The molecule has 0 saturated carbocycles. The van der Waals surface area contributed by atoms with Crippen molar-refractivity contribution in [3.63, 3.8) is 0 Å². The summed E-state index contributed by atoms with van der Waals surface area (Å²) in [6.45, 7) is -1.33. The maximum absolute atomic E-state index is 13.0. The monoisotopic (exact) mass is 500 g/mol. The highest BCUT2D eigenvalue weighted by Gasteiger charge is 2.37. The summed E-state index contributed by atoms with van der Waals surface area (Å²) < 4.78 is 78.2. The van der Waals surface area contributed by atoms with E-state index in [9.17, 15) is 46.4 Å². The topological polar surface area (TPSA) is 83.7 Å². The smallest absolute Gasteiger partial charge is 0.416 e. The van der Waals surface area contributed by atoms with Crippen LogP contribution in [-0.2, 0) is 25.4 Å². The van der Waals surface area contributed by atoms with Crippen molar-refractivity contribution in [3.8, 4) is 0 Å². The second-order valence-electron chi connectivity index (χ2n) is 6.09. The predicted octanol–water partition coefficient (Wildman–Crippen LogP) is 6.08. The number of halogens is 7. The van der Waals surface area contributed by atoms with Crippen LogP contribution >= 0.6 is 15.9 Å². The lowest BCUT2D eigenvalue weighted by Gasteiger charge is -2.21. The molecule has 1 amide bonds. The van der Waals surface area contributed by atoms with E-state index >= 15 is 0 Å². The number of benzene rings is 2. The number of nitro groups is 1. The van der Waals surface area contributed by atoms with Crippen molar-refractivity contribution in [1.29, 1.82) is 0 Å². The third kappa shape index (κ3) is 5.84. The van der Waals surface area contributed by atoms with Crippen molar-refractivity contribution >= 4 is 27.7 Å². The quantitative estimate of drug-likeness (QED) is 0.306. The van der Waals surface area contributed by atoms with Gasteiger partial charge in [0.2, 0.25) is 0 Å². The molecule has 0 unspecified atom stereocenters. The first-order valence-electron chi connectivity index (χ1n) is 7.87. The molecule has 2 aromatic rings. The molecule has 30 heavy (non-hydrogen) atoms. The van der Waals surface area contributed by atoms with Gasteiger partial charge in [0.15, 0.2) is 0 Å². The van der Waals surface area contributed by atoms with Crippen molar-refractivity contribution in [2.24, 2.45) is 0 Å². The van der Waals surface area contributed by atoms with Crippen LogP contribution in [0.25, 0.3) is 0 Å². The van der Waals surface area contributed by atoms with Crippen LogP contribution in [0.1, 0.15) is 22.3 Å². The molecule has 6 nitrogen and oxygen atoms in total. The van der Waals surface area contributed by atoms with Gasteiger partial charge in [0.05, 0.1) is 22.6 Å². The van der Waals surface area contributed by atoms with Crippen molar-refractivity contribution < 1.29 is 41.2 Å². The van der Waals surface area contributed by atoms with E-state index < -0.39 is 53.1 Å². The first kappa shape index (κ1) is 23.4. The Morgan fingerprint density at radius 2 is 1.53 bits per heavy atom. The molecule has 0 aromatic heterocycles. The summed E-state index contributed by atoms with van der Waals surface area (Å²) >= 11 is 3.08. The van der Waals surface area contributed by atoms with Crippen molar-refractivity contribution in [2.75, 3.05) is 0 Å². The Labute approximate surface area is 173 Å². The number of hydrogen-bond acceptors (Lipinski definition) is 3. The van der Waals surface area contributed by atoms with E-state index in [2.05, 4.69) is 15.9 Å². The molecular formula is C17H11BrF6N2O4. The van der Waals surface area contributed by atoms with Gasteiger partial charge in [-0.2, -0.15) is 26.3 Å². The minimum Gasteiger partial charge on any atom is -0.465 e. The fourth-order valence-corrected chi connectivity index (χ4v) is 2.90. The van der Waals surface area contributed by atoms with Gasteiger partial charge in [-0.1, -0.05) is 15.9 Å². The normalized spacial score (nSPS) is 12.0. The third-order valence-corrected chi connectivity index (χ3v) is 4.67. The van der Waals surface area contributed by atoms with Gasteiger partial charge in [0, 0.05) is 23.2 Å². The average Bonchev–Trinajstić information content (AvgIpc) is 2.60. The molecule has 0 radical (unpaired) electrons. The van der Waals surface area contributed by atoms with Crippen LogP contribution < -0.4 is 0 Å². The molecule has 13 heteroatoms. The van der Waals surface area contributed by atoms with Crippen LogP contribution in [-0.4, -0.2) is 21.0 Å². The van der Waals surface area contributed by atoms with Gasteiger partial charge in [-0.3, -0.25) is 15.0 Å². The maximum Gasteiger partial charge on any atom is 0.416 e. The van der Waals surface area contributed by atoms with Crippen LogP contribution in [0, 0.1) is 10.1 Å². The van der Waals surface area contributed by atoms with E-state index in [0.29, 0.717) is 17.0 Å². The molecule has 0 fully saturated rings. The number of carbonyl (C=O) groups is 1. The fraction of sp³-hybridized carbons (Fsp3) is 0.235. The first-order chi connectivity index (χ1) is 13.7. The van der Waals surface area contributed by atoms with E-state index in [-0.39, 0.29) is 21.8 Å². The Morgan fingerprint density at radius 1 is 1.00 bits per heavy atom. The molecule has 0 bridgehead atoms. The Hall–Kier alpha value is -2.83. The lowest BCUT2D eigenvalue weighted by molar-refractivity contribution is -0.384. The van der Waals surface area contributed by atoms with E-state index in [1.807, 2.05) is 0 Å². The zero-order valence-electron chi connectivity index (χ0n) is 14.6. The highest BCUT2D eigenvalue weighted by atomic mass is 79.9. The second kappa shape index (κ2) is 8.50. The highest BCUT2D eigenvalue weighted by Crippen LogP contribution is 2.36. The minimum absolute atomic E-state index is 0.0637. The average molecular weight is 501 g/mol. The summed E-state index contributed by atoms with van der Waals surface area (Å²) in [5.74, 6) is 0. The van der Waals surface area contributed by atoms with E-state index in [4.69, 9.17) is 0 Å². The molecule has 0 aliphatic carbocycles. The molecular weight excluding hydrogens is 490 g/mol. The van der Waals surface area contributed by atoms with Crippen LogP contribution in [0.15, 0.2) is 40.9 Å². The number of rotatable bonds is 5. The summed E-state index contributed by atoms with van der Waals surface area (Å²) in [7, 11) is 0. The zero-order valence-corrected chi connectivity index (χ0v) is 16.2. The summed E-state index contributed by atoms with van der Waals surface area (Å²) in [5.41, 5.74) is -3.95. The maximum atomic E-state index is 13.0. The zero-order chi connectivity index (χ0) is 22.9. The minimum atomic E-state index is -5.08. The fourth-order valence-electron chi connectivity index (χ4n) is 2.52. The molecule has 1 N–H and O–H groups in total. The van der Waals surface area contributed by atoms with Crippen molar-refractivity contribution in [2.45, 2.75) is 25.4 Å². The van der Waals surface area contributed by atoms with Gasteiger partial charge in [0.25, 0.3) is 5.69 Å². The molecule has 0 atom stereocenters. The number of amides is 1. The predicted molar refractivity (Wildman–Crippen MR) is 94.5 cm³/mol. The Balaban J connectivity index is 2.43. The molecule has 2 rings (SSSR count). The molecule has 2 aromatic carbocycles. The number of non-ortho nitro benzene ring substituents is 1. The summed E-state index contributed by atoms with van der Waals surface area (Å²) in [6.07, 6.45) is -11.8. The van der Waals surface area contributed by atoms with Crippen LogP contribution in [0.2, 0.25) is 0 Å². The number of hydrogen-bond donors (Lipinski definition) is 1. The largest absolute Gasteiger partial charge is 0.465 e. The molecule has 0 heterocycles. The van der Waals surface area contributed by atoms with Gasteiger partial charge in [-0.25, -0.2) is 4.79 Å². The summed E-state index contributed by atoms with van der Waals surface area (Å²) in [4.78, 5) is 22.2. The van der Waals surface area contributed by atoms with Crippen LogP contribution in [0.4, 0.5) is 36.8 Å². The molecule has 0 saturated heterocycles. The van der Waals surface area contributed by atoms with Crippen LogP contribution in [0.3, 0.4) is 0 Å². The van der Waals surface area contributed by atoms with Gasteiger partial charge in [-0.15, -0.1) is 0 Å². The Kier molecular flexibility index (Phi) is 6.64. The third-order valence-electron chi connectivity index (χ3n) is 3.89. The van der Waals surface area contributed by atoms with Gasteiger partial charge in [-0.05, 0) is 35.4 Å². The molecule has 162 valence electrons. The second-order valence-corrected chi connectivity index (χ2v) is 6.94. The standard InChI is InChI=1S/C17H11BrF6N2O4/c18-14-2-1-13(26(29)30)5-10(14)8-25(15(27)28)7-9-3-11(16(19,20)21)6-12(4-9)17(22,23)24/h1-6H,7-8H2,(H,27,28). The van der Waals surface area contributed by atoms with Gasteiger partial charge in [0.1, 0.15) is 0 Å². The first-order valence-corrected chi connectivity index (χ1v) is 8.67. The SMILES string of the molecule is O=C(O)N(Cc1cc(C(F)(F)F)cc(C(F)(F)F)c1)Cc1cc([N+](=O)[O-])ccc1Br. The number of alkyl halides is 6. The lowest BCUT2D eigenvalue weighted by atomic mass is 10.0. The lowest BCUT2D eigenvalue weighted by Crippen LogP contribution is -2.29. The van der Waals surface area contributed by atoms with Crippen molar-refractivity contribution in [1.82, 2.24) is 4.90 Å². The number of nitrogens with zero attached hydrogens (tertiary/aromatic N) is 2. The Morgan fingerprint density at radius 3 is 1.97 bits per heavy atom. The Bertz CT molecular complexity index is 945. The summed E-state index contributed by atoms with van der Waals surface area (Å²) in [5, 5.41) is 20.2. The van der Waals surface area contributed by atoms with E-state index in [1.54, 1.807) is 0 Å². The molecule has 0 aliphatic rings. The van der Waals surface area contributed by atoms with Crippen LogP contribution in [0.5, 0.6) is 0 Å². The van der Waals surface area contributed by atoms with Gasteiger partial charge < -0.3 is 5.11 Å². The van der Waals surface area contributed by atoms with Crippen molar-refractivity contribution in [3.05, 3.63) is 73.2 Å². The van der Waals surface area contributed by atoms with E-state index in [0.717, 1.165) is 12.1 Å². The highest BCUT2D eigenvalue weighted by molar-refractivity contribution is 9.10. The molecule has 0 aliphatic heterocycles.